The number of carbonyl (C=O) groups is 1. The number of benzene rings is 2. The average Bonchev–Trinajstić information content (AvgIpc) is 2.42. The number of para-hydroxylation sites is 1. The third-order valence-electron chi connectivity index (χ3n) is 2.74. The van der Waals surface area contributed by atoms with E-state index in [4.69, 9.17) is 11.6 Å². The molecule has 0 atom stereocenters. The maximum Gasteiger partial charge on any atom is 0.251 e. The van der Waals surface area contributed by atoms with Crippen LogP contribution in [0.3, 0.4) is 0 Å². The largest absolute Gasteiger partial charge is 0.507 e. The normalized spacial score (nSPS) is 10.3. The number of hydrogen-bond donors (Lipinski definition) is 2. The molecule has 0 aromatic heterocycles. The quantitative estimate of drug-likeness (QED) is 0.873. The molecular formula is C14H11BrClNO2. The van der Waals surface area contributed by atoms with Gasteiger partial charge in [-0.15, -0.1) is 0 Å². The fraction of sp³-hybridized carbons (Fsp3) is 0.0714. The second-order valence-corrected chi connectivity index (χ2v) is 5.08. The lowest BCUT2D eigenvalue weighted by atomic mass is 9.98. The molecule has 3 nitrogen and oxygen atoms in total. The molecular weight excluding hydrogens is 330 g/mol. The minimum atomic E-state index is -0.240. The highest BCUT2D eigenvalue weighted by Gasteiger charge is 2.19. The molecule has 0 radical (unpaired) electrons. The van der Waals surface area contributed by atoms with Crippen molar-refractivity contribution >= 4 is 33.4 Å². The first kappa shape index (κ1) is 13.9. The summed E-state index contributed by atoms with van der Waals surface area (Å²) in [7, 11) is 1.56. The van der Waals surface area contributed by atoms with Crippen molar-refractivity contribution in [3.63, 3.8) is 0 Å². The summed E-state index contributed by atoms with van der Waals surface area (Å²) in [5.41, 5.74) is 1.57. The number of nitrogens with one attached hydrogen (secondary N) is 1. The molecule has 2 aromatic rings. The third kappa shape index (κ3) is 2.60. The van der Waals surface area contributed by atoms with Crippen LogP contribution < -0.4 is 5.32 Å². The molecule has 0 fully saturated rings. The number of rotatable bonds is 2. The molecule has 5 heteroatoms. The Morgan fingerprint density at radius 2 is 1.95 bits per heavy atom. The van der Waals surface area contributed by atoms with E-state index in [2.05, 4.69) is 21.2 Å². The number of hydrogen-bond acceptors (Lipinski definition) is 2. The van der Waals surface area contributed by atoms with E-state index >= 15 is 0 Å². The molecule has 19 heavy (non-hydrogen) atoms. The van der Waals surface area contributed by atoms with Crippen LogP contribution in [0.4, 0.5) is 0 Å². The summed E-state index contributed by atoms with van der Waals surface area (Å²) in [5, 5.41) is 13.0. The van der Waals surface area contributed by atoms with Gasteiger partial charge >= 0.3 is 0 Å². The smallest absolute Gasteiger partial charge is 0.251 e. The number of phenolic OH excluding ortho intramolecular Hbond substituents is 1. The summed E-state index contributed by atoms with van der Waals surface area (Å²) in [6, 6.07) is 10.1. The Bertz CT molecular complexity index is 643. The van der Waals surface area contributed by atoms with Gasteiger partial charge in [0.25, 0.3) is 5.91 Å². The van der Waals surface area contributed by atoms with Gasteiger partial charge in [-0.1, -0.05) is 29.8 Å². The highest BCUT2D eigenvalue weighted by Crippen LogP contribution is 2.40. The minimum absolute atomic E-state index is 0.0932. The van der Waals surface area contributed by atoms with Crippen molar-refractivity contribution in [2.75, 3.05) is 7.05 Å². The summed E-state index contributed by atoms with van der Waals surface area (Å²) < 4.78 is 0.580. The maximum absolute atomic E-state index is 11.9. The van der Waals surface area contributed by atoms with E-state index in [0.29, 0.717) is 26.2 Å². The van der Waals surface area contributed by atoms with Crippen LogP contribution in [0.15, 0.2) is 40.9 Å². The van der Waals surface area contributed by atoms with Gasteiger partial charge in [0.15, 0.2) is 0 Å². The van der Waals surface area contributed by atoms with Crippen LogP contribution >= 0.6 is 27.5 Å². The Hall–Kier alpha value is -1.52. The molecule has 0 saturated carbocycles. The molecule has 2 N–H and O–H groups in total. The lowest BCUT2D eigenvalue weighted by Gasteiger charge is -2.13. The van der Waals surface area contributed by atoms with E-state index in [9.17, 15) is 9.90 Å². The first-order valence-corrected chi connectivity index (χ1v) is 6.71. The van der Waals surface area contributed by atoms with Crippen LogP contribution in [0.1, 0.15) is 10.4 Å². The molecule has 98 valence electrons. The van der Waals surface area contributed by atoms with Crippen LogP contribution in [-0.4, -0.2) is 18.1 Å². The Morgan fingerprint density at radius 3 is 2.58 bits per heavy atom. The average molecular weight is 341 g/mol. The monoisotopic (exact) mass is 339 g/mol. The van der Waals surface area contributed by atoms with Crippen LogP contribution in [0, 0.1) is 0 Å². The van der Waals surface area contributed by atoms with Crippen LogP contribution in [0.25, 0.3) is 11.1 Å². The molecule has 0 aliphatic heterocycles. The zero-order chi connectivity index (χ0) is 14.0. The van der Waals surface area contributed by atoms with E-state index in [0.717, 1.165) is 0 Å². The number of aromatic hydroxyl groups is 1. The Morgan fingerprint density at radius 1 is 1.26 bits per heavy atom. The molecule has 0 saturated heterocycles. The van der Waals surface area contributed by atoms with E-state index in [1.54, 1.807) is 43.4 Å². The summed E-state index contributed by atoms with van der Waals surface area (Å²) in [5.74, 6) is -0.147. The lowest BCUT2D eigenvalue weighted by molar-refractivity contribution is 0.0963. The molecule has 2 rings (SSSR count). The number of phenols is 1. The second kappa shape index (κ2) is 5.63. The van der Waals surface area contributed by atoms with Crippen molar-refractivity contribution in [3.8, 4) is 16.9 Å². The molecule has 0 aliphatic carbocycles. The van der Waals surface area contributed by atoms with Gasteiger partial charge in [-0.05, 0) is 34.1 Å². The van der Waals surface area contributed by atoms with Crippen LogP contribution in [-0.2, 0) is 0 Å². The summed E-state index contributed by atoms with van der Waals surface area (Å²) in [6.07, 6.45) is 0. The molecule has 0 aliphatic rings. The highest BCUT2D eigenvalue weighted by atomic mass is 79.9. The van der Waals surface area contributed by atoms with E-state index in [1.807, 2.05) is 0 Å². The first-order chi connectivity index (χ1) is 9.06. The van der Waals surface area contributed by atoms with Crippen LogP contribution in [0.2, 0.25) is 5.02 Å². The minimum Gasteiger partial charge on any atom is -0.507 e. The van der Waals surface area contributed by atoms with Crippen molar-refractivity contribution in [2.24, 2.45) is 0 Å². The lowest BCUT2D eigenvalue weighted by Crippen LogP contribution is -2.18. The fourth-order valence-corrected chi connectivity index (χ4v) is 2.54. The van der Waals surface area contributed by atoms with E-state index in [-0.39, 0.29) is 11.7 Å². The van der Waals surface area contributed by atoms with E-state index in [1.165, 1.54) is 0 Å². The predicted molar refractivity (Wildman–Crippen MR) is 79.6 cm³/mol. The third-order valence-corrected chi connectivity index (χ3v) is 4.11. The van der Waals surface area contributed by atoms with Crippen molar-refractivity contribution in [1.82, 2.24) is 5.32 Å². The number of carbonyl (C=O) groups excluding carboxylic acids is 1. The molecule has 1 amide bonds. The zero-order valence-electron chi connectivity index (χ0n) is 10.1. The van der Waals surface area contributed by atoms with Gasteiger partial charge < -0.3 is 10.4 Å². The van der Waals surface area contributed by atoms with Crippen molar-refractivity contribution < 1.29 is 9.90 Å². The maximum atomic E-state index is 11.9. The zero-order valence-corrected chi connectivity index (χ0v) is 12.4. The van der Waals surface area contributed by atoms with Crippen LogP contribution in [0.5, 0.6) is 5.75 Å². The fourth-order valence-electron chi connectivity index (χ4n) is 1.82. The summed E-state index contributed by atoms with van der Waals surface area (Å²) >= 11 is 9.45. The van der Waals surface area contributed by atoms with Gasteiger partial charge in [0.05, 0.1) is 5.02 Å². The Kier molecular flexibility index (Phi) is 4.12. The molecule has 0 heterocycles. The van der Waals surface area contributed by atoms with E-state index < -0.39 is 0 Å². The van der Waals surface area contributed by atoms with Gasteiger partial charge in [0.2, 0.25) is 0 Å². The topological polar surface area (TPSA) is 49.3 Å². The standard InChI is InChI=1S/C14H11BrClNO2/c1-17-14(19)9-6-7-10(16)13(15)12(9)8-4-2-3-5-11(8)18/h2-7,18H,1H3,(H,17,19). The Labute approximate surface area is 124 Å². The second-order valence-electron chi connectivity index (χ2n) is 3.88. The van der Waals surface area contributed by atoms with Gasteiger partial charge in [-0.25, -0.2) is 0 Å². The molecule has 2 aromatic carbocycles. The molecule has 0 bridgehead atoms. The van der Waals surface area contributed by atoms with Crippen molar-refractivity contribution in [1.29, 1.82) is 0 Å². The summed E-state index contributed by atoms with van der Waals surface area (Å²) in [4.78, 5) is 11.9. The number of halogens is 2. The predicted octanol–water partition coefficient (Wildman–Crippen LogP) is 3.83. The van der Waals surface area contributed by atoms with Gasteiger partial charge in [0.1, 0.15) is 5.75 Å². The SMILES string of the molecule is CNC(=O)c1ccc(Cl)c(Br)c1-c1ccccc1O. The summed E-state index contributed by atoms with van der Waals surface area (Å²) in [6.45, 7) is 0. The van der Waals surface area contributed by atoms with Gasteiger partial charge in [-0.2, -0.15) is 0 Å². The molecule has 0 spiro atoms. The van der Waals surface area contributed by atoms with Crippen molar-refractivity contribution in [3.05, 3.63) is 51.5 Å². The number of amides is 1. The first-order valence-electron chi connectivity index (χ1n) is 5.54. The van der Waals surface area contributed by atoms with Crippen molar-refractivity contribution in [2.45, 2.75) is 0 Å². The van der Waals surface area contributed by atoms with Gasteiger partial charge in [-0.3, -0.25) is 4.79 Å². The van der Waals surface area contributed by atoms with Gasteiger partial charge in [0, 0.05) is 28.2 Å². The highest BCUT2D eigenvalue weighted by molar-refractivity contribution is 9.10. The Balaban J connectivity index is 2.77. The molecule has 0 unspecified atom stereocenters.